The van der Waals surface area contributed by atoms with Crippen molar-refractivity contribution in [2.24, 2.45) is 5.10 Å². The Kier molecular flexibility index (Phi) is 7.91. The van der Waals surface area contributed by atoms with Crippen LogP contribution in [0.4, 0.5) is 0 Å². The van der Waals surface area contributed by atoms with Crippen molar-refractivity contribution in [1.29, 1.82) is 0 Å². The summed E-state index contributed by atoms with van der Waals surface area (Å²) in [6.07, 6.45) is 1.46. The Hall–Kier alpha value is -3.53. The third kappa shape index (κ3) is 6.13. The lowest BCUT2D eigenvalue weighted by molar-refractivity contribution is -0.118. The van der Waals surface area contributed by atoms with E-state index in [2.05, 4.69) is 20.7 Å². The number of benzene rings is 3. The van der Waals surface area contributed by atoms with Gasteiger partial charge in [-0.1, -0.05) is 35.0 Å². The largest absolute Gasteiger partial charge is 0.504 e. The molecule has 0 saturated carbocycles. The van der Waals surface area contributed by atoms with Crippen LogP contribution in [-0.4, -0.2) is 44.9 Å². The molecule has 3 aromatic carbocycles. The summed E-state index contributed by atoms with van der Waals surface area (Å²) in [6, 6.07) is 19.3. The minimum absolute atomic E-state index is 0.0212. The molecule has 4 aromatic rings. The number of amides is 1. The number of phenolic OH excluding ortho intramolecular Hbond substituents is 1. The Morgan fingerprint density at radius 3 is 2.46 bits per heavy atom. The minimum Gasteiger partial charge on any atom is -0.504 e. The fourth-order valence-electron chi connectivity index (χ4n) is 3.09. The first-order valence-corrected chi connectivity index (χ1v) is 12.0. The molecule has 0 saturated heterocycles. The molecule has 0 unspecified atom stereocenters. The highest BCUT2D eigenvalue weighted by Crippen LogP contribution is 2.29. The molecule has 0 fully saturated rings. The maximum absolute atomic E-state index is 12.4. The van der Waals surface area contributed by atoms with Crippen LogP contribution in [0.2, 0.25) is 10.0 Å². The smallest absolute Gasteiger partial charge is 0.250 e. The number of methoxy groups -OCH3 is 1. The predicted molar refractivity (Wildman–Crippen MR) is 138 cm³/mol. The van der Waals surface area contributed by atoms with Gasteiger partial charge in [0.05, 0.1) is 19.1 Å². The van der Waals surface area contributed by atoms with Gasteiger partial charge in [0.2, 0.25) is 0 Å². The molecule has 0 atom stereocenters. The third-order valence-corrected chi connectivity index (χ3v) is 6.19. The Labute approximate surface area is 215 Å². The summed E-state index contributed by atoms with van der Waals surface area (Å²) < 4.78 is 6.91. The maximum atomic E-state index is 12.4. The van der Waals surface area contributed by atoms with Crippen LogP contribution >= 0.6 is 35.0 Å². The molecule has 0 aliphatic carbocycles. The van der Waals surface area contributed by atoms with Gasteiger partial charge in [0.25, 0.3) is 5.91 Å². The fraction of sp³-hybridized carbons (Fsp3) is 0.0833. The molecule has 1 amide bonds. The topological polar surface area (TPSA) is 102 Å². The zero-order chi connectivity index (χ0) is 24.8. The van der Waals surface area contributed by atoms with E-state index < -0.39 is 0 Å². The fourth-order valence-corrected chi connectivity index (χ4v) is 4.08. The number of hydrogen-bond donors (Lipinski definition) is 2. The Balaban J connectivity index is 1.49. The van der Waals surface area contributed by atoms with Crippen LogP contribution in [0.1, 0.15) is 5.56 Å². The van der Waals surface area contributed by atoms with Gasteiger partial charge >= 0.3 is 0 Å². The van der Waals surface area contributed by atoms with Gasteiger partial charge in [0, 0.05) is 21.3 Å². The van der Waals surface area contributed by atoms with Gasteiger partial charge in [-0.3, -0.25) is 9.36 Å². The molecule has 2 N–H and O–H groups in total. The number of halogens is 2. The summed E-state index contributed by atoms with van der Waals surface area (Å²) in [5.41, 5.74) is 4.76. The minimum atomic E-state index is -0.323. The number of nitrogens with zero attached hydrogens (tertiary/aromatic N) is 4. The van der Waals surface area contributed by atoms with Crippen LogP contribution in [0, 0.1) is 0 Å². The van der Waals surface area contributed by atoms with E-state index >= 15 is 0 Å². The number of carbonyl (C=O) groups excluding carboxylic acids is 1. The summed E-state index contributed by atoms with van der Waals surface area (Å²) in [7, 11) is 1.45. The predicted octanol–water partition coefficient (Wildman–Crippen LogP) is 5.20. The number of rotatable bonds is 8. The molecule has 0 spiro atoms. The van der Waals surface area contributed by atoms with E-state index in [0.717, 1.165) is 11.3 Å². The molecule has 1 aromatic heterocycles. The normalized spacial score (nSPS) is 11.1. The molecule has 4 rings (SSSR count). The number of hydrogen-bond acceptors (Lipinski definition) is 7. The standard InChI is InChI=1S/C24H19Cl2N5O3S/c1-34-21-12-15(2-11-20(21)32)13-27-28-22(33)14-35-24-30-29-23(16-3-5-17(25)6-4-16)31(24)19-9-7-18(26)8-10-19/h2-13,32H,14H2,1H3,(H,28,33)/b27-13+. The third-order valence-electron chi connectivity index (χ3n) is 4.76. The van der Waals surface area contributed by atoms with Crippen LogP contribution in [0.5, 0.6) is 11.5 Å². The molecule has 8 nitrogen and oxygen atoms in total. The first-order valence-electron chi connectivity index (χ1n) is 10.2. The van der Waals surface area contributed by atoms with Gasteiger partial charge in [0.1, 0.15) is 0 Å². The number of carbonyl (C=O) groups is 1. The highest BCUT2D eigenvalue weighted by Gasteiger charge is 2.17. The van der Waals surface area contributed by atoms with Crippen molar-refractivity contribution in [3.63, 3.8) is 0 Å². The number of nitrogens with one attached hydrogen (secondary N) is 1. The monoisotopic (exact) mass is 527 g/mol. The number of aromatic nitrogens is 3. The van der Waals surface area contributed by atoms with Gasteiger partial charge in [-0.15, -0.1) is 10.2 Å². The Morgan fingerprint density at radius 1 is 1.09 bits per heavy atom. The molecule has 178 valence electrons. The Bertz CT molecular complexity index is 1360. The molecule has 0 aliphatic rings. The quantitative estimate of drug-likeness (QED) is 0.185. The van der Waals surface area contributed by atoms with Crippen molar-refractivity contribution in [3.05, 3.63) is 82.3 Å². The second-order valence-corrected chi connectivity index (χ2v) is 8.95. The first-order chi connectivity index (χ1) is 16.9. The lowest BCUT2D eigenvalue weighted by atomic mass is 10.2. The maximum Gasteiger partial charge on any atom is 0.250 e. The molecule has 0 radical (unpaired) electrons. The van der Waals surface area contributed by atoms with E-state index in [1.807, 2.05) is 28.8 Å². The van der Waals surface area contributed by atoms with Gasteiger partial charge in [-0.25, -0.2) is 5.43 Å². The molecule has 1 heterocycles. The molecule has 0 aliphatic heterocycles. The van der Waals surface area contributed by atoms with Crippen molar-refractivity contribution in [2.45, 2.75) is 5.16 Å². The van der Waals surface area contributed by atoms with Crippen molar-refractivity contribution in [3.8, 4) is 28.6 Å². The van der Waals surface area contributed by atoms with Crippen LogP contribution in [-0.2, 0) is 4.79 Å². The van der Waals surface area contributed by atoms with E-state index in [-0.39, 0.29) is 17.4 Å². The Morgan fingerprint density at radius 2 is 1.77 bits per heavy atom. The average molecular weight is 528 g/mol. The lowest BCUT2D eigenvalue weighted by Gasteiger charge is -2.10. The van der Waals surface area contributed by atoms with Crippen molar-refractivity contribution >= 4 is 47.1 Å². The average Bonchev–Trinajstić information content (AvgIpc) is 3.28. The van der Waals surface area contributed by atoms with E-state index in [1.165, 1.54) is 31.2 Å². The number of aromatic hydroxyl groups is 1. The van der Waals surface area contributed by atoms with E-state index in [9.17, 15) is 9.90 Å². The number of ether oxygens (including phenoxy) is 1. The second kappa shape index (κ2) is 11.3. The van der Waals surface area contributed by atoms with Crippen molar-refractivity contribution in [2.75, 3.05) is 12.9 Å². The number of hydrazone groups is 1. The van der Waals surface area contributed by atoms with Gasteiger partial charge < -0.3 is 9.84 Å². The van der Waals surface area contributed by atoms with Gasteiger partial charge in [-0.05, 0) is 72.3 Å². The first kappa shape index (κ1) is 24.6. The van der Waals surface area contributed by atoms with Crippen LogP contribution in [0.25, 0.3) is 17.1 Å². The molecule has 0 bridgehead atoms. The highest BCUT2D eigenvalue weighted by molar-refractivity contribution is 7.99. The van der Waals surface area contributed by atoms with E-state index in [1.54, 1.807) is 36.4 Å². The summed E-state index contributed by atoms with van der Waals surface area (Å²) in [6.45, 7) is 0. The number of thioether (sulfide) groups is 1. The SMILES string of the molecule is COc1cc(/C=N/NC(=O)CSc2nnc(-c3ccc(Cl)cc3)n2-c2ccc(Cl)cc2)ccc1O. The highest BCUT2D eigenvalue weighted by atomic mass is 35.5. The van der Waals surface area contributed by atoms with Crippen LogP contribution in [0.15, 0.2) is 77.0 Å². The zero-order valence-electron chi connectivity index (χ0n) is 18.4. The van der Waals surface area contributed by atoms with Gasteiger partial charge in [0.15, 0.2) is 22.5 Å². The summed E-state index contributed by atoms with van der Waals surface area (Å²) in [4.78, 5) is 12.4. The lowest BCUT2D eigenvalue weighted by Crippen LogP contribution is -2.20. The molecule has 35 heavy (non-hydrogen) atoms. The second-order valence-electron chi connectivity index (χ2n) is 7.14. The molecular weight excluding hydrogens is 509 g/mol. The molecule has 11 heteroatoms. The molecular formula is C24H19Cl2N5O3S. The van der Waals surface area contributed by atoms with Gasteiger partial charge in [-0.2, -0.15) is 5.10 Å². The van der Waals surface area contributed by atoms with Crippen molar-refractivity contribution < 1.29 is 14.6 Å². The van der Waals surface area contributed by atoms with E-state index in [4.69, 9.17) is 27.9 Å². The summed E-state index contributed by atoms with van der Waals surface area (Å²) >= 11 is 13.3. The number of phenols is 1. The summed E-state index contributed by atoms with van der Waals surface area (Å²) in [5.74, 6) is 0.673. The van der Waals surface area contributed by atoms with E-state index in [0.29, 0.717) is 32.3 Å². The summed E-state index contributed by atoms with van der Waals surface area (Å²) in [5, 5.41) is 24.0. The zero-order valence-corrected chi connectivity index (χ0v) is 20.7. The van der Waals surface area contributed by atoms with Crippen LogP contribution < -0.4 is 10.2 Å². The van der Waals surface area contributed by atoms with Crippen LogP contribution in [0.3, 0.4) is 0 Å². The van der Waals surface area contributed by atoms with Crippen molar-refractivity contribution in [1.82, 2.24) is 20.2 Å².